The molecule has 1 aromatic heterocycles. The Morgan fingerprint density at radius 3 is 2.95 bits per heavy atom. The minimum atomic E-state index is -0.0000926. The van der Waals surface area contributed by atoms with E-state index < -0.39 is 0 Å². The molecule has 1 amide bonds. The van der Waals surface area contributed by atoms with E-state index in [1.165, 1.54) is 5.56 Å². The second kappa shape index (κ2) is 4.96. The second-order valence-electron chi connectivity index (χ2n) is 5.03. The van der Waals surface area contributed by atoms with Crippen LogP contribution in [0.1, 0.15) is 22.8 Å². The molecule has 0 radical (unpaired) electrons. The Labute approximate surface area is 118 Å². The number of hydrogen-bond donors (Lipinski definition) is 1. The lowest BCUT2D eigenvalue weighted by atomic mass is 10.1. The maximum atomic E-state index is 12.8. The van der Waals surface area contributed by atoms with Crippen molar-refractivity contribution in [2.45, 2.75) is 19.4 Å². The van der Waals surface area contributed by atoms with Crippen molar-refractivity contribution in [3.63, 3.8) is 0 Å². The number of carbonyl (C=O) groups excluding carboxylic acids is 1. The summed E-state index contributed by atoms with van der Waals surface area (Å²) in [6.45, 7) is 2.08. The first kappa shape index (κ1) is 12.7. The van der Waals surface area contributed by atoms with E-state index in [0.29, 0.717) is 5.56 Å². The van der Waals surface area contributed by atoms with Gasteiger partial charge in [0.1, 0.15) is 0 Å². The number of benzene rings is 1. The van der Waals surface area contributed by atoms with Gasteiger partial charge >= 0.3 is 0 Å². The van der Waals surface area contributed by atoms with E-state index in [1.807, 2.05) is 36.2 Å². The molecule has 0 spiro atoms. The smallest absolute Gasteiger partial charge is 0.262 e. The minimum absolute atomic E-state index is 0.0000926. The molecule has 1 unspecified atom stereocenters. The molecule has 0 saturated heterocycles. The Morgan fingerprint density at radius 2 is 2.15 bits per heavy atom. The summed E-state index contributed by atoms with van der Waals surface area (Å²) in [6.07, 6.45) is 4.21. The third kappa shape index (κ3) is 1.93. The SMILES string of the molecule is CNc1ccncc1C(=O)N1c2ccccc2CC1C. The van der Waals surface area contributed by atoms with Crippen LogP contribution in [0.4, 0.5) is 11.4 Å². The summed E-state index contributed by atoms with van der Waals surface area (Å²) in [7, 11) is 1.81. The third-order valence-corrected chi connectivity index (χ3v) is 3.75. The number of aromatic nitrogens is 1. The van der Waals surface area contributed by atoms with E-state index >= 15 is 0 Å². The Balaban J connectivity index is 2.03. The molecule has 2 heterocycles. The van der Waals surface area contributed by atoms with E-state index in [4.69, 9.17) is 0 Å². The van der Waals surface area contributed by atoms with E-state index in [2.05, 4.69) is 23.3 Å². The monoisotopic (exact) mass is 267 g/mol. The van der Waals surface area contributed by atoms with Crippen LogP contribution in [-0.2, 0) is 6.42 Å². The van der Waals surface area contributed by atoms with E-state index in [1.54, 1.807) is 12.4 Å². The van der Waals surface area contributed by atoms with Crippen molar-refractivity contribution in [1.29, 1.82) is 0 Å². The number of pyridine rings is 1. The fourth-order valence-corrected chi connectivity index (χ4v) is 2.79. The van der Waals surface area contributed by atoms with Gasteiger partial charge in [-0.15, -0.1) is 0 Å². The molecule has 0 bridgehead atoms. The molecule has 1 atom stereocenters. The van der Waals surface area contributed by atoms with E-state index in [9.17, 15) is 4.79 Å². The lowest BCUT2D eigenvalue weighted by Crippen LogP contribution is -2.36. The Hall–Kier alpha value is -2.36. The summed E-state index contributed by atoms with van der Waals surface area (Å²) >= 11 is 0. The molecule has 102 valence electrons. The van der Waals surface area contributed by atoms with Crippen LogP contribution in [0.25, 0.3) is 0 Å². The number of nitrogens with zero attached hydrogens (tertiary/aromatic N) is 2. The van der Waals surface area contributed by atoms with Gasteiger partial charge in [0.15, 0.2) is 0 Å². The molecule has 1 aliphatic rings. The molecule has 1 aliphatic heterocycles. The van der Waals surface area contributed by atoms with Crippen LogP contribution in [0.15, 0.2) is 42.7 Å². The van der Waals surface area contributed by atoms with Crippen molar-refractivity contribution in [3.05, 3.63) is 53.9 Å². The highest BCUT2D eigenvalue weighted by Crippen LogP contribution is 2.33. The highest BCUT2D eigenvalue weighted by Gasteiger charge is 2.32. The summed E-state index contributed by atoms with van der Waals surface area (Å²) in [5, 5.41) is 3.05. The summed E-state index contributed by atoms with van der Waals surface area (Å²) in [5.74, 6) is -0.0000926. The topological polar surface area (TPSA) is 45.2 Å². The standard InChI is InChI=1S/C16H17N3O/c1-11-9-12-5-3-4-6-15(12)19(11)16(20)13-10-18-8-7-14(13)17-2/h3-8,10-11H,9H2,1-2H3,(H,17,18). The van der Waals surface area contributed by atoms with Gasteiger partial charge in [-0.1, -0.05) is 18.2 Å². The molecule has 0 saturated carbocycles. The molecule has 20 heavy (non-hydrogen) atoms. The Kier molecular flexibility index (Phi) is 3.14. The maximum absolute atomic E-state index is 12.8. The largest absolute Gasteiger partial charge is 0.387 e. The zero-order valence-electron chi connectivity index (χ0n) is 11.6. The van der Waals surface area contributed by atoms with Gasteiger partial charge in [-0.3, -0.25) is 9.78 Å². The number of carbonyl (C=O) groups is 1. The molecular formula is C16H17N3O. The average Bonchev–Trinajstić information content (AvgIpc) is 2.82. The first-order valence-corrected chi connectivity index (χ1v) is 6.75. The predicted octanol–water partition coefficient (Wildman–Crippen LogP) is 2.71. The van der Waals surface area contributed by atoms with Crippen LogP contribution in [0.5, 0.6) is 0 Å². The van der Waals surface area contributed by atoms with Crippen LogP contribution >= 0.6 is 0 Å². The predicted molar refractivity (Wildman–Crippen MR) is 80.2 cm³/mol. The summed E-state index contributed by atoms with van der Waals surface area (Å²) in [5.41, 5.74) is 3.65. The van der Waals surface area contributed by atoms with Crippen molar-refractivity contribution in [2.24, 2.45) is 0 Å². The molecule has 3 rings (SSSR count). The molecule has 1 N–H and O–H groups in total. The van der Waals surface area contributed by atoms with Gasteiger partial charge < -0.3 is 10.2 Å². The fraction of sp³-hybridized carbons (Fsp3) is 0.250. The zero-order chi connectivity index (χ0) is 14.1. The van der Waals surface area contributed by atoms with Crippen LogP contribution < -0.4 is 10.2 Å². The average molecular weight is 267 g/mol. The first-order valence-electron chi connectivity index (χ1n) is 6.75. The Morgan fingerprint density at radius 1 is 1.35 bits per heavy atom. The van der Waals surface area contributed by atoms with Crippen molar-refractivity contribution < 1.29 is 4.79 Å². The number of fused-ring (bicyclic) bond motifs is 1. The van der Waals surface area contributed by atoms with Crippen LogP contribution in [0.3, 0.4) is 0 Å². The van der Waals surface area contributed by atoms with Crippen LogP contribution in [0.2, 0.25) is 0 Å². The van der Waals surface area contributed by atoms with Gasteiger partial charge in [0.25, 0.3) is 5.91 Å². The van der Waals surface area contributed by atoms with E-state index in [0.717, 1.165) is 17.8 Å². The number of anilines is 2. The number of hydrogen-bond acceptors (Lipinski definition) is 3. The highest BCUT2D eigenvalue weighted by atomic mass is 16.2. The summed E-state index contributed by atoms with van der Waals surface area (Å²) in [6, 6.07) is 10.1. The van der Waals surface area contributed by atoms with Gasteiger partial charge in [-0.25, -0.2) is 0 Å². The molecular weight excluding hydrogens is 250 g/mol. The lowest BCUT2D eigenvalue weighted by molar-refractivity contribution is 0.0982. The van der Waals surface area contributed by atoms with E-state index in [-0.39, 0.29) is 11.9 Å². The molecule has 2 aromatic rings. The van der Waals surface area contributed by atoms with Gasteiger partial charge in [0.2, 0.25) is 0 Å². The van der Waals surface area contributed by atoms with Gasteiger partial charge in [0.05, 0.1) is 5.56 Å². The number of amides is 1. The zero-order valence-corrected chi connectivity index (χ0v) is 11.6. The summed E-state index contributed by atoms with van der Waals surface area (Å²) in [4.78, 5) is 18.8. The fourth-order valence-electron chi connectivity index (χ4n) is 2.79. The van der Waals surface area contributed by atoms with Crippen molar-refractivity contribution >= 4 is 17.3 Å². The first-order chi connectivity index (χ1) is 9.72. The normalized spacial score (nSPS) is 16.9. The van der Waals surface area contributed by atoms with Crippen LogP contribution in [-0.4, -0.2) is 24.0 Å². The van der Waals surface area contributed by atoms with Gasteiger partial charge in [-0.2, -0.15) is 0 Å². The molecule has 4 nitrogen and oxygen atoms in total. The molecule has 0 aliphatic carbocycles. The molecule has 4 heteroatoms. The van der Waals surface area contributed by atoms with Crippen molar-refractivity contribution in [1.82, 2.24) is 4.98 Å². The quantitative estimate of drug-likeness (QED) is 0.910. The maximum Gasteiger partial charge on any atom is 0.262 e. The van der Waals surface area contributed by atoms with Gasteiger partial charge in [-0.05, 0) is 31.0 Å². The molecule has 0 fully saturated rings. The van der Waals surface area contributed by atoms with Crippen molar-refractivity contribution in [2.75, 3.05) is 17.3 Å². The minimum Gasteiger partial charge on any atom is -0.387 e. The molecule has 1 aromatic carbocycles. The number of rotatable bonds is 2. The van der Waals surface area contributed by atoms with Gasteiger partial charge in [0, 0.05) is 36.9 Å². The Bertz CT molecular complexity index is 654. The number of para-hydroxylation sites is 1. The highest BCUT2D eigenvalue weighted by molar-refractivity contribution is 6.10. The third-order valence-electron chi connectivity index (χ3n) is 3.75. The summed E-state index contributed by atoms with van der Waals surface area (Å²) < 4.78 is 0. The number of nitrogens with one attached hydrogen (secondary N) is 1. The second-order valence-corrected chi connectivity index (χ2v) is 5.03. The van der Waals surface area contributed by atoms with Crippen molar-refractivity contribution in [3.8, 4) is 0 Å². The van der Waals surface area contributed by atoms with Crippen LogP contribution in [0, 0.1) is 0 Å². The lowest BCUT2D eigenvalue weighted by Gasteiger charge is -2.23.